The SMILES string of the molecule is O=C(Cc1cccc(Br)c1)NC1C=CC(C(=O)O)C1. The molecule has 4 nitrogen and oxygen atoms in total. The Morgan fingerprint density at radius 3 is 2.79 bits per heavy atom. The lowest BCUT2D eigenvalue weighted by molar-refractivity contribution is -0.140. The van der Waals surface area contributed by atoms with Crippen molar-refractivity contribution in [3.8, 4) is 0 Å². The van der Waals surface area contributed by atoms with Gasteiger partial charge in [-0.1, -0.05) is 40.2 Å². The molecule has 2 atom stereocenters. The first-order valence-electron chi connectivity index (χ1n) is 5.99. The van der Waals surface area contributed by atoms with Crippen molar-refractivity contribution in [1.82, 2.24) is 5.32 Å². The highest BCUT2D eigenvalue weighted by Gasteiger charge is 2.25. The molecular formula is C14H14BrNO3. The van der Waals surface area contributed by atoms with Crippen molar-refractivity contribution in [2.45, 2.75) is 18.9 Å². The molecule has 1 aromatic carbocycles. The molecule has 0 aliphatic heterocycles. The molecule has 0 radical (unpaired) electrons. The van der Waals surface area contributed by atoms with Crippen LogP contribution >= 0.6 is 15.9 Å². The topological polar surface area (TPSA) is 66.4 Å². The van der Waals surface area contributed by atoms with Crippen LogP contribution in [0.3, 0.4) is 0 Å². The van der Waals surface area contributed by atoms with E-state index in [1.54, 1.807) is 12.2 Å². The summed E-state index contributed by atoms with van der Waals surface area (Å²) in [4.78, 5) is 22.6. The van der Waals surface area contributed by atoms with E-state index in [2.05, 4.69) is 21.2 Å². The first-order valence-corrected chi connectivity index (χ1v) is 6.79. The second-order valence-electron chi connectivity index (χ2n) is 4.55. The van der Waals surface area contributed by atoms with Gasteiger partial charge in [-0.05, 0) is 24.1 Å². The highest BCUT2D eigenvalue weighted by molar-refractivity contribution is 9.10. The van der Waals surface area contributed by atoms with Crippen LogP contribution in [0, 0.1) is 5.92 Å². The van der Waals surface area contributed by atoms with Gasteiger partial charge in [0.15, 0.2) is 0 Å². The van der Waals surface area contributed by atoms with Crippen LogP contribution < -0.4 is 5.32 Å². The van der Waals surface area contributed by atoms with Crippen molar-refractivity contribution >= 4 is 27.8 Å². The number of carbonyl (C=O) groups is 2. The maximum Gasteiger partial charge on any atom is 0.310 e. The van der Waals surface area contributed by atoms with Crippen LogP contribution in [-0.2, 0) is 16.0 Å². The summed E-state index contributed by atoms with van der Waals surface area (Å²) in [5, 5.41) is 11.7. The minimum absolute atomic E-state index is 0.0983. The van der Waals surface area contributed by atoms with Gasteiger partial charge in [0.1, 0.15) is 0 Å². The molecule has 1 amide bonds. The van der Waals surface area contributed by atoms with Gasteiger partial charge in [0.25, 0.3) is 0 Å². The molecule has 2 unspecified atom stereocenters. The number of halogens is 1. The first kappa shape index (κ1) is 13.8. The number of aliphatic carboxylic acids is 1. The normalized spacial score (nSPS) is 21.3. The fourth-order valence-corrected chi connectivity index (χ4v) is 2.53. The van der Waals surface area contributed by atoms with Gasteiger partial charge in [0.2, 0.25) is 5.91 Å². The summed E-state index contributed by atoms with van der Waals surface area (Å²) < 4.78 is 0.935. The minimum Gasteiger partial charge on any atom is -0.481 e. The van der Waals surface area contributed by atoms with Crippen molar-refractivity contribution in [2.75, 3.05) is 0 Å². The Bertz CT molecular complexity index is 527. The van der Waals surface area contributed by atoms with E-state index in [1.165, 1.54) is 0 Å². The third kappa shape index (κ3) is 3.92. The number of carbonyl (C=O) groups excluding carboxylic acids is 1. The highest BCUT2D eigenvalue weighted by atomic mass is 79.9. The van der Waals surface area contributed by atoms with Crippen LogP contribution in [0.1, 0.15) is 12.0 Å². The molecule has 1 aliphatic carbocycles. The van der Waals surface area contributed by atoms with Crippen molar-refractivity contribution in [1.29, 1.82) is 0 Å². The highest BCUT2D eigenvalue weighted by Crippen LogP contribution is 2.18. The quantitative estimate of drug-likeness (QED) is 0.834. The first-order chi connectivity index (χ1) is 9.04. The third-order valence-corrected chi connectivity index (χ3v) is 3.49. The van der Waals surface area contributed by atoms with Gasteiger partial charge in [-0.15, -0.1) is 0 Å². The predicted molar refractivity (Wildman–Crippen MR) is 74.7 cm³/mol. The molecule has 2 N–H and O–H groups in total. The molecule has 5 heteroatoms. The molecule has 0 saturated heterocycles. The van der Waals surface area contributed by atoms with Gasteiger partial charge in [-0.3, -0.25) is 9.59 Å². The molecule has 1 aliphatic rings. The summed E-state index contributed by atoms with van der Waals surface area (Å²) in [5.74, 6) is -1.44. The number of rotatable bonds is 4. The molecule has 100 valence electrons. The van der Waals surface area contributed by atoms with E-state index < -0.39 is 11.9 Å². The van der Waals surface area contributed by atoms with E-state index in [9.17, 15) is 9.59 Å². The second-order valence-corrected chi connectivity index (χ2v) is 5.46. The summed E-state index contributed by atoms with van der Waals surface area (Å²) in [6.07, 6.45) is 4.10. The van der Waals surface area contributed by atoms with Crippen molar-refractivity contribution in [3.63, 3.8) is 0 Å². The van der Waals surface area contributed by atoms with E-state index in [0.29, 0.717) is 12.8 Å². The van der Waals surface area contributed by atoms with Crippen molar-refractivity contribution in [2.24, 2.45) is 5.92 Å². The Morgan fingerprint density at radius 1 is 1.37 bits per heavy atom. The number of carboxylic acids is 1. The van der Waals surface area contributed by atoms with Crippen LogP contribution in [0.15, 0.2) is 40.9 Å². The van der Waals surface area contributed by atoms with E-state index in [0.717, 1.165) is 10.0 Å². The Morgan fingerprint density at radius 2 is 2.16 bits per heavy atom. The molecule has 0 heterocycles. The molecule has 1 aromatic rings. The summed E-state index contributed by atoms with van der Waals surface area (Å²) in [6, 6.07) is 7.38. The Hall–Kier alpha value is -1.62. The van der Waals surface area contributed by atoms with Crippen molar-refractivity contribution < 1.29 is 14.7 Å². The molecule has 0 fully saturated rings. The Kier molecular flexibility index (Phi) is 4.37. The zero-order chi connectivity index (χ0) is 13.8. The smallest absolute Gasteiger partial charge is 0.310 e. The fraction of sp³-hybridized carbons (Fsp3) is 0.286. The molecule has 2 rings (SSSR count). The average molecular weight is 324 g/mol. The van der Waals surface area contributed by atoms with Crippen LogP contribution in [0.4, 0.5) is 0 Å². The third-order valence-electron chi connectivity index (χ3n) is 3.00. The summed E-state index contributed by atoms with van der Waals surface area (Å²) in [7, 11) is 0. The summed E-state index contributed by atoms with van der Waals surface area (Å²) in [5.41, 5.74) is 0.920. The monoisotopic (exact) mass is 323 g/mol. The maximum atomic E-state index is 11.8. The van der Waals surface area contributed by atoms with Gasteiger partial charge < -0.3 is 10.4 Å². The van der Waals surface area contributed by atoms with Crippen LogP contribution in [-0.4, -0.2) is 23.0 Å². The van der Waals surface area contributed by atoms with E-state index in [4.69, 9.17) is 5.11 Å². The van der Waals surface area contributed by atoms with Gasteiger partial charge in [0, 0.05) is 10.5 Å². The van der Waals surface area contributed by atoms with Gasteiger partial charge in [-0.2, -0.15) is 0 Å². The number of carboxylic acid groups (broad SMARTS) is 1. The second kappa shape index (κ2) is 6.02. The average Bonchev–Trinajstić information content (AvgIpc) is 2.77. The molecule has 0 saturated carbocycles. The van der Waals surface area contributed by atoms with Gasteiger partial charge in [0.05, 0.1) is 12.3 Å². The number of amides is 1. The molecule has 0 spiro atoms. The van der Waals surface area contributed by atoms with Crippen molar-refractivity contribution in [3.05, 3.63) is 46.5 Å². The zero-order valence-corrected chi connectivity index (χ0v) is 11.8. The van der Waals surface area contributed by atoms with E-state index in [-0.39, 0.29) is 11.9 Å². The predicted octanol–water partition coefficient (Wildman–Crippen LogP) is 2.14. The zero-order valence-electron chi connectivity index (χ0n) is 10.2. The van der Waals surface area contributed by atoms with Crippen LogP contribution in [0.25, 0.3) is 0 Å². The number of benzene rings is 1. The lowest BCUT2D eigenvalue weighted by atomic mass is 10.1. The molecular weight excluding hydrogens is 310 g/mol. The fourth-order valence-electron chi connectivity index (χ4n) is 2.08. The standard InChI is InChI=1S/C14H14BrNO3/c15-11-3-1-2-9(6-11)7-13(17)16-12-5-4-10(8-12)14(18)19/h1-6,10,12H,7-8H2,(H,16,17)(H,18,19). The minimum atomic E-state index is -0.847. The maximum absolute atomic E-state index is 11.8. The summed E-state index contributed by atoms with van der Waals surface area (Å²) >= 11 is 3.36. The number of nitrogens with one attached hydrogen (secondary N) is 1. The largest absolute Gasteiger partial charge is 0.481 e. The lowest BCUT2D eigenvalue weighted by Crippen LogP contribution is -2.34. The Balaban J connectivity index is 1.86. The Labute approximate surface area is 119 Å². The van der Waals surface area contributed by atoms with Crippen LogP contribution in [0.5, 0.6) is 0 Å². The van der Waals surface area contributed by atoms with Crippen LogP contribution in [0.2, 0.25) is 0 Å². The molecule has 0 aromatic heterocycles. The van der Waals surface area contributed by atoms with Gasteiger partial charge >= 0.3 is 5.97 Å². The molecule has 0 bridgehead atoms. The van der Waals surface area contributed by atoms with E-state index in [1.807, 2.05) is 24.3 Å². The van der Waals surface area contributed by atoms with E-state index >= 15 is 0 Å². The number of hydrogen-bond donors (Lipinski definition) is 2. The lowest BCUT2D eigenvalue weighted by Gasteiger charge is -2.12. The summed E-state index contributed by atoms with van der Waals surface area (Å²) in [6.45, 7) is 0. The van der Waals surface area contributed by atoms with Gasteiger partial charge in [-0.25, -0.2) is 0 Å². The molecule has 19 heavy (non-hydrogen) atoms. The number of hydrogen-bond acceptors (Lipinski definition) is 2.